The summed E-state index contributed by atoms with van der Waals surface area (Å²) in [5, 5.41) is 17.1. The second-order valence-electron chi connectivity index (χ2n) is 5.57. The fourth-order valence-electron chi connectivity index (χ4n) is 2.76. The van der Waals surface area contributed by atoms with Gasteiger partial charge in [-0.25, -0.2) is 0 Å². The van der Waals surface area contributed by atoms with Gasteiger partial charge in [0.2, 0.25) is 0 Å². The van der Waals surface area contributed by atoms with Crippen LogP contribution in [0.15, 0.2) is 18.2 Å². The molecule has 1 aromatic rings. The Morgan fingerprint density at radius 1 is 1.24 bits per heavy atom. The molecule has 2 rings (SSSR count). The minimum Gasteiger partial charge on any atom is -0.349 e. The normalized spacial score (nSPS) is 21.8. The Kier molecular flexibility index (Phi) is 4.90. The van der Waals surface area contributed by atoms with Crippen molar-refractivity contribution in [1.29, 1.82) is 0 Å². The smallest absolute Gasteiger partial charge is 0.270 e. The molecule has 0 saturated heterocycles. The van der Waals surface area contributed by atoms with Gasteiger partial charge in [0.25, 0.3) is 11.6 Å². The van der Waals surface area contributed by atoms with E-state index >= 15 is 0 Å². The number of nitrogens with zero attached hydrogens (tertiary/aromatic N) is 1. The second-order valence-corrected chi connectivity index (χ2v) is 5.57. The highest BCUT2D eigenvalue weighted by molar-refractivity contribution is 5.96. The van der Waals surface area contributed by atoms with E-state index in [0.717, 1.165) is 31.2 Å². The van der Waals surface area contributed by atoms with Crippen LogP contribution in [0.5, 0.6) is 0 Å². The van der Waals surface area contributed by atoms with Gasteiger partial charge in [-0.05, 0) is 45.2 Å². The Labute approximate surface area is 124 Å². The molecule has 6 heteroatoms. The number of nitro benzene ring substituents is 1. The molecule has 0 spiro atoms. The highest BCUT2D eigenvalue weighted by atomic mass is 16.6. The summed E-state index contributed by atoms with van der Waals surface area (Å²) in [5.74, 6) is -0.218. The molecular weight excluding hydrogens is 270 g/mol. The maximum atomic E-state index is 12.3. The Morgan fingerprint density at radius 2 is 1.86 bits per heavy atom. The number of hydrogen-bond donors (Lipinski definition) is 2. The van der Waals surface area contributed by atoms with Crippen molar-refractivity contribution in [3.8, 4) is 0 Å². The molecule has 0 radical (unpaired) electrons. The zero-order valence-electron chi connectivity index (χ0n) is 12.4. The molecule has 1 amide bonds. The Morgan fingerprint density at radius 3 is 2.43 bits per heavy atom. The van der Waals surface area contributed by atoms with Crippen molar-refractivity contribution in [2.24, 2.45) is 0 Å². The number of nitrogens with one attached hydrogen (secondary N) is 2. The summed E-state index contributed by atoms with van der Waals surface area (Å²) in [4.78, 5) is 22.6. The predicted molar refractivity (Wildman–Crippen MR) is 80.4 cm³/mol. The maximum Gasteiger partial charge on any atom is 0.270 e. The van der Waals surface area contributed by atoms with Crippen molar-refractivity contribution in [3.05, 3.63) is 39.4 Å². The first-order valence-electron chi connectivity index (χ1n) is 7.24. The van der Waals surface area contributed by atoms with Crippen LogP contribution in [0.4, 0.5) is 5.69 Å². The van der Waals surface area contributed by atoms with Crippen molar-refractivity contribution in [1.82, 2.24) is 10.6 Å². The molecule has 1 aromatic carbocycles. The summed E-state index contributed by atoms with van der Waals surface area (Å²) in [6, 6.07) is 5.07. The number of rotatable bonds is 4. The van der Waals surface area contributed by atoms with Crippen molar-refractivity contribution >= 4 is 11.6 Å². The van der Waals surface area contributed by atoms with Crippen LogP contribution >= 0.6 is 0 Å². The first-order valence-corrected chi connectivity index (χ1v) is 7.24. The topological polar surface area (TPSA) is 84.3 Å². The minimum atomic E-state index is -0.478. The average Bonchev–Trinajstić information content (AvgIpc) is 2.48. The number of hydrogen-bond acceptors (Lipinski definition) is 4. The zero-order valence-corrected chi connectivity index (χ0v) is 12.4. The lowest BCUT2D eigenvalue weighted by atomic mass is 9.91. The molecule has 114 valence electrons. The van der Waals surface area contributed by atoms with Gasteiger partial charge in [0.15, 0.2) is 0 Å². The average molecular weight is 291 g/mol. The van der Waals surface area contributed by atoms with Gasteiger partial charge in [0, 0.05) is 29.8 Å². The summed E-state index contributed by atoms with van der Waals surface area (Å²) in [5.41, 5.74) is 1.09. The van der Waals surface area contributed by atoms with Crippen LogP contribution in [0, 0.1) is 17.0 Å². The number of amides is 1. The van der Waals surface area contributed by atoms with E-state index in [-0.39, 0.29) is 17.6 Å². The van der Waals surface area contributed by atoms with Crippen LogP contribution in [-0.4, -0.2) is 30.0 Å². The highest BCUT2D eigenvalue weighted by Gasteiger charge is 2.23. The van der Waals surface area contributed by atoms with E-state index in [2.05, 4.69) is 10.6 Å². The third-order valence-electron chi connectivity index (χ3n) is 4.15. The molecule has 21 heavy (non-hydrogen) atoms. The molecule has 0 aromatic heterocycles. The summed E-state index contributed by atoms with van der Waals surface area (Å²) in [7, 11) is 1.95. The molecule has 1 aliphatic carbocycles. The minimum absolute atomic E-state index is 0.0513. The first kappa shape index (κ1) is 15.4. The van der Waals surface area contributed by atoms with E-state index < -0.39 is 4.92 Å². The molecular formula is C15H21N3O3. The van der Waals surface area contributed by atoms with Crippen LogP contribution in [0.25, 0.3) is 0 Å². The molecule has 6 nitrogen and oxygen atoms in total. The van der Waals surface area contributed by atoms with Gasteiger partial charge in [-0.2, -0.15) is 0 Å². The van der Waals surface area contributed by atoms with Crippen LogP contribution in [0.1, 0.15) is 41.6 Å². The van der Waals surface area contributed by atoms with E-state index in [0.29, 0.717) is 11.6 Å². The number of carbonyl (C=O) groups excluding carboxylic acids is 1. The van der Waals surface area contributed by atoms with Gasteiger partial charge in [-0.3, -0.25) is 14.9 Å². The highest BCUT2D eigenvalue weighted by Crippen LogP contribution is 2.21. The zero-order chi connectivity index (χ0) is 15.4. The Bertz CT molecular complexity index is 537. The van der Waals surface area contributed by atoms with E-state index in [1.807, 2.05) is 7.05 Å². The standard InChI is InChI=1S/C15H21N3O3/c1-10-3-8-13(18(20)21)9-14(10)15(19)17-12-6-4-11(16-2)5-7-12/h3,8-9,11-12,16H,4-7H2,1-2H3,(H,17,19). The summed E-state index contributed by atoms with van der Waals surface area (Å²) in [6.45, 7) is 1.79. The van der Waals surface area contributed by atoms with Crippen molar-refractivity contribution in [2.75, 3.05) is 7.05 Å². The summed E-state index contributed by atoms with van der Waals surface area (Å²) >= 11 is 0. The SMILES string of the molecule is CNC1CCC(NC(=O)c2cc([N+](=O)[O-])ccc2C)CC1. The molecule has 0 aliphatic heterocycles. The van der Waals surface area contributed by atoms with Crippen molar-refractivity contribution in [3.63, 3.8) is 0 Å². The van der Waals surface area contributed by atoms with Crippen LogP contribution in [0.2, 0.25) is 0 Å². The van der Waals surface area contributed by atoms with E-state index in [1.54, 1.807) is 13.0 Å². The molecule has 0 bridgehead atoms. The van der Waals surface area contributed by atoms with Gasteiger partial charge >= 0.3 is 0 Å². The van der Waals surface area contributed by atoms with Crippen LogP contribution in [-0.2, 0) is 0 Å². The summed E-state index contributed by atoms with van der Waals surface area (Å²) < 4.78 is 0. The van der Waals surface area contributed by atoms with Gasteiger partial charge in [0.1, 0.15) is 0 Å². The van der Waals surface area contributed by atoms with E-state index in [9.17, 15) is 14.9 Å². The predicted octanol–water partition coefficient (Wildman–Crippen LogP) is 2.16. The van der Waals surface area contributed by atoms with Gasteiger partial charge in [0.05, 0.1) is 4.92 Å². The lowest BCUT2D eigenvalue weighted by Crippen LogP contribution is -2.41. The number of benzene rings is 1. The maximum absolute atomic E-state index is 12.3. The second kappa shape index (κ2) is 6.67. The summed E-state index contributed by atoms with van der Waals surface area (Å²) in [6.07, 6.45) is 3.95. The number of carbonyl (C=O) groups is 1. The third-order valence-corrected chi connectivity index (χ3v) is 4.15. The lowest BCUT2D eigenvalue weighted by molar-refractivity contribution is -0.384. The molecule has 2 N–H and O–H groups in total. The third kappa shape index (κ3) is 3.78. The first-order chi connectivity index (χ1) is 10.0. The molecule has 0 heterocycles. The van der Waals surface area contributed by atoms with E-state index in [4.69, 9.17) is 0 Å². The van der Waals surface area contributed by atoms with Crippen molar-refractivity contribution in [2.45, 2.75) is 44.7 Å². The largest absolute Gasteiger partial charge is 0.349 e. The van der Waals surface area contributed by atoms with Crippen LogP contribution in [0.3, 0.4) is 0 Å². The number of nitro groups is 1. The quantitative estimate of drug-likeness (QED) is 0.657. The number of aryl methyl sites for hydroxylation is 1. The monoisotopic (exact) mass is 291 g/mol. The van der Waals surface area contributed by atoms with Gasteiger partial charge < -0.3 is 10.6 Å². The Balaban J connectivity index is 2.03. The van der Waals surface area contributed by atoms with Gasteiger partial charge in [-0.15, -0.1) is 0 Å². The fraction of sp³-hybridized carbons (Fsp3) is 0.533. The van der Waals surface area contributed by atoms with E-state index in [1.165, 1.54) is 12.1 Å². The molecule has 1 fully saturated rings. The van der Waals surface area contributed by atoms with Crippen LogP contribution < -0.4 is 10.6 Å². The fourth-order valence-corrected chi connectivity index (χ4v) is 2.76. The molecule has 1 saturated carbocycles. The number of non-ortho nitro benzene ring substituents is 1. The Hall–Kier alpha value is -1.95. The van der Waals surface area contributed by atoms with Crippen molar-refractivity contribution < 1.29 is 9.72 Å². The lowest BCUT2D eigenvalue weighted by Gasteiger charge is -2.28. The molecule has 0 unspecified atom stereocenters. The molecule has 0 atom stereocenters. The van der Waals surface area contributed by atoms with Gasteiger partial charge in [-0.1, -0.05) is 6.07 Å². The molecule has 1 aliphatic rings.